The van der Waals surface area contributed by atoms with Gasteiger partial charge in [0.25, 0.3) is 0 Å². The molecule has 1 aliphatic heterocycles. The van der Waals surface area contributed by atoms with Crippen molar-refractivity contribution in [2.45, 2.75) is 33.2 Å². The Morgan fingerprint density at radius 3 is 2.41 bits per heavy atom. The number of carbonyl (C=O) groups is 1. The van der Waals surface area contributed by atoms with Crippen LogP contribution < -0.4 is 11.1 Å². The molecule has 0 saturated carbocycles. The fourth-order valence-corrected chi connectivity index (χ4v) is 3.58. The van der Waals surface area contributed by atoms with Crippen LogP contribution in [0.3, 0.4) is 0 Å². The molecule has 3 rings (SSSR count). The minimum atomic E-state index is -1.18. The molecule has 29 heavy (non-hydrogen) atoms. The molecule has 2 aromatic rings. The predicted molar refractivity (Wildman–Crippen MR) is 111 cm³/mol. The van der Waals surface area contributed by atoms with Gasteiger partial charge in [-0.15, -0.1) is 0 Å². The zero-order chi connectivity index (χ0) is 21.6. The molecule has 150 valence electrons. The minimum absolute atomic E-state index is 0.0531. The van der Waals surface area contributed by atoms with Crippen LogP contribution in [0.15, 0.2) is 41.4 Å². The van der Waals surface area contributed by atoms with Gasteiger partial charge in [-0.05, 0) is 69.7 Å². The number of carbonyl (C=O) groups excluding carboxylic acids is 1. The Bertz CT molecular complexity index is 1070. The molecule has 0 bridgehead atoms. The summed E-state index contributed by atoms with van der Waals surface area (Å²) in [6.45, 7) is 7.06. The summed E-state index contributed by atoms with van der Waals surface area (Å²) in [7, 11) is 1.56. The molecule has 0 radical (unpaired) electrons. The van der Waals surface area contributed by atoms with Gasteiger partial charge < -0.3 is 11.1 Å². The molecule has 0 unspecified atom stereocenters. The van der Waals surface area contributed by atoms with E-state index in [1.54, 1.807) is 52.1 Å². The maximum atomic E-state index is 14.9. The fraction of sp³-hybridized carbons (Fsp3) is 0.318. The molecule has 6 nitrogen and oxygen atoms in total. The van der Waals surface area contributed by atoms with Crippen molar-refractivity contribution in [2.24, 2.45) is 16.1 Å². The van der Waals surface area contributed by atoms with Gasteiger partial charge in [-0.3, -0.25) is 9.69 Å². The Hall–Kier alpha value is -3.40. The van der Waals surface area contributed by atoms with Gasteiger partial charge in [-0.2, -0.15) is 5.26 Å². The molecule has 0 aromatic heterocycles. The second-order valence-corrected chi connectivity index (χ2v) is 7.99. The molecular weight excluding hydrogens is 369 g/mol. The van der Waals surface area contributed by atoms with Gasteiger partial charge in [-0.25, -0.2) is 9.38 Å². The van der Waals surface area contributed by atoms with Crippen LogP contribution in [0.5, 0.6) is 0 Å². The standard InChI is InChI=1S/C22H24FN5O/c1-13-10-15(7-6-14(13)12-24)26-16-8-9-18(23)17(11-16)22(4)21(2,3)19(29)28(5)20(25)27-22/h6-11,26H,1-5H3,(H2,25,27)/t22-/m1/s1. The lowest BCUT2D eigenvalue weighted by molar-refractivity contribution is -0.140. The third-order valence-corrected chi connectivity index (χ3v) is 5.86. The summed E-state index contributed by atoms with van der Waals surface area (Å²) in [5, 5.41) is 12.3. The molecule has 1 amide bonds. The zero-order valence-corrected chi connectivity index (χ0v) is 17.2. The SMILES string of the molecule is Cc1cc(Nc2ccc(F)c([C@@]3(C)N=C(N)N(C)C(=O)C3(C)C)c2)ccc1C#N. The van der Waals surface area contributed by atoms with E-state index in [1.165, 1.54) is 11.0 Å². The number of nitrogens with two attached hydrogens (primary N) is 1. The van der Waals surface area contributed by atoms with Crippen molar-refractivity contribution >= 4 is 23.2 Å². The molecule has 0 saturated heterocycles. The van der Waals surface area contributed by atoms with Crippen LogP contribution >= 0.6 is 0 Å². The Balaban J connectivity index is 2.07. The van der Waals surface area contributed by atoms with Crippen molar-refractivity contribution in [1.82, 2.24) is 4.90 Å². The first-order chi connectivity index (χ1) is 13.5. The molecular formula is C22H24FN5O. The van der Waals surface area contributed by atoms with Crippen molar-refractivity contribution in [2.75, 3.05) is 12.4 Å². The highest BCUT2D eigenvalue weighted by molar-refractivity contribution is 6.01. The van der Waals surface area contributed by atoms with Crippen molar-refractivity contribution in [1.29, 1.82) is 5.26 Å². The average Bonchev–Trinajstić information content (AvgIpc) is 2.67. The van der Waals surface area contributed by atoms with E-state index < -0.39 is 16.8 Å². The van der Waals surface area contributed by atoms with Gasteiger partial charge in [0, 0.05) is 24.0 Å². The maximum absolute atomic E-state index is 14.9. The number of amides is 1. The van der Waals surface area contributed by atoms with Gasteiger partial charge in [0.05, 0.1) is 17.0 Å². The molecule has 1 heterocycles. The average molecular weight is 393 g/mol. The lowest BCUT2D eigenvalue weighted by atomic mass is 9.67. The number of hydrogen-bond acceptors (Lipinski definition) is 5. The van der Waals surface area contributed by atoms with Crippen LogP contribution in [0.25, 0.3) is 0 Å². The number of nitrogens with zero attached hydrogens (tertiary/aromatic N) is 3. The van der Waals surface area contributed by atoms with E-state index in [0.29, 0.717) is 11.3 Å². The monoisotopic (exact) mass is 393 g/mol. The van der Waals surface area contributed by atoms with Crippen molar-refractivity contribution < 1.29 is 9.18 Å². The zero-order valence-electron chi connectivity index (χ0n) is 17.2. The number of benzene rings is 2. The van der Waals surface area contributed by atoms with Crippen molar-refractivity contribution in [3.63, 3.8) is 0 Å². The van der Waals surface area contributed by atoms with Crippen LogP contribution in [0.1, 0.15) is 37.5 Å². The Kier molecular flexibility index (Phi) is 4.83. The summed E-state index contributed by atoms with van der Waals surface area (Å²) in [4.78, 5) is 18.6. The molecule has 2 aromatic carbocycles. The third kappa shape index (κ3) is 3.21. The molecule has 0 fully saturated rings. The first-order valence-corrected chi connectivity index (χ1v) is 9.22. The Morgan fingerprint density at radius 2 is 1.79 bits per heavy atom. The molecule has 7 heteroatoms. The number of aliphatic imine (C=N–C) groups is 1. The molecule has 1 aliphatic rings. The van der Waals surface area contributed by atoms with E-state index in [2.05, 4.69) is 16.4 Å². The molecule has 0 aliphatic carbocycles. The Labute approximate surface area is 169 Å². The normalized spacial score (nSPS) is 20.8. The first-order valence-electron chi connectivity index (χ1n) is 9.22. The van der Waals surface area contributed by atoms with Crippen LogP contribution in [-0.2, 0) is 10.3 Å². The van der Waals surface area contributed by atoms with Crippen molar-refractivity contribution in [3.05, 3.63) is 58.9 Å². The van der Waals surface area contributed by atoms with E-state index in [0.717, 1.165) is 11.3 Å². The smallest absolute Gasteiger partial charge is 0.237 e. The highest BCUT2D eigenvalue weighted by Crippen LogP contribution is 2.47. The maximum Gasteiger partial charge on any atom is 0.237 e. The fourth-order valence-electron chi connectivity index (χ4n) is 3.58. The largest absolute Gasteiger partial charge is 0.369 e. The van der Waals surface area contributed by atoms with E-state index in [1.807, 2.05) is 13.0 Å². The number of rotatable bonds is 3. The summed E-state index contributed by atoms with van der Waals surface area (Å²) >= 11 is 0. The van der Waals surface area contributed by atoms with Gasteiger partial charge in [0.15, 0.2) is 5.96 Å². The quantitative estimate of drug-likeness (QED) is 0.830. The number of guanidine groups is 1. The van der Waals surface area contributed by atoms with Gasteiger partial charge in [0.1, 0.15) is 11.4 Å². The molecule has 3 N–H and O–H groups in total. The van der Waals surface area contributed by atoms with E-state index in [4.69, 9.17) is 11.0 Å². The first kappa shape index (κ1) is 20.3. The summed E-state index contributed by atoms with van der Waals surface area (Å²) in [5.74, 6) is -0.638. The second kappa shape index (κ2) is 6.89. The molecule has 1 atom stereocenters. The predicted octanol–water partition coefficient (Wildman–Crippen LogP) is 3.78. The van der Waals surface area contributed by atoms with Gasteiger partial charge in [-0.1, -0.05) is 0 Å². The van der Waals surface area contributed by atoms with Crippen molar-refractivity contribution in [3.8, 4) is 6.07 Å². The minimum Gasteiger partial charge on any atom is -0.369 e. The highest BCUT2D eigenvalue weighted by atomic mass is 19.1. The van der Waals surface area contributed by atoms with Crippen LogP contribution in [0, 0.1) is 29.5 Å². The number of halogens is 1. The van der Waals surface area contributed by atoms with E-state index >= 15 is 0 Å². The highest BCUT2D eigenvalue weighted by Gasteiger charge is 2.53. The van der Waals surface area contributed by atoms with Crippen LogP contribution in [-0.4, -0.2) is 23.8 Å². The van der Waals surface area contributed by atoms with E-state index in [9.17, 15) is 9.18 Å². The number of nitriles is 1. The lowest BCUT2D eigenvalue weighted by Crippen LogP contribution is -2.58. The summed E-state index contributed by atoms with van der Waals surface area (Å²) in [5.41, 5.74) is 6.89. The van der Waals surface area contributed by atoms with Gasteiger partial charge >= 0.3 is 0 Å². The number of hydrogen-bond donors (Lipinski definition) is 2. The van der Waals surface area contributed by atoms with Crippen LogP contribution in [0.2, 0.25) is 0 Å². The number of aryl methyl sites for hydroxylation is 1. The second-order valence-electron chi connectivity index (χ2n) is 7.99. The molecule has 0 spiro atoms. The summed E-state index contributed by atoms with van der Waals surface area (Å²) < 4.78 is 14.9. The number of anilines is 2. The number of nitrogens with one attached hydrogen (secondary N) is 1. The summed E-state index contributed by atoms with van der Waals surface area (Å²) in [6.07, 6.45) is 0. The summed E-state index contributed by atoms with van der Waals surface area (Å²) in [6, 6.07) is 12.1. The van der Waals surface area contributed by atoms with E-state index in [-0.39, 0.29) is 17.4 Å². The third-order valence-electron chi connectivity index (χ3n) is 5.86. The van der Waals surface area contributed by atoms with Crippen LogP contribution in [0.4, 0.5) is 15.8 Å². The topological polar surface area (TPSA) is 94.5 Å². The van der Waals surface area contributed by atoms with Gasteiger partial charge in [0.2, 0.25) is 5.91 Å². The Morgan fingerprint density at radius 1 is 1.17 bits per heavy atom. The lowest BCUT2D eigenvalue weighted by Gasteiger charge is -2.46.